The van der Waals surface area contributed by atoms with Gasteiger partial charge < -0.3 is 10.0 Å². The van der Waals surface area contributed by atoms with Crippen LogP contribution in [0.5, 0.6) is 0 Å². The first-order chi connectivity index (χ1) is 18.0. The molecule has 3 nitrogen and oxygen atoms in total. The summed E-state index contributed by atoms with van der Waals surface area (Å²) in [5.41, 5.74) is 2.11. The molecule has 0 aliphatic heterocycles. The van der Waals surface area contributed by atoms with Crippen LogP contribution in [0.15, 0.2) is 47.1 Å². The van der Waals surface area contributed by atoms with Gasteiger partial charge in [-0.05, 0) is 92.2 Å². The molecule has 0 saturated heterocycles. The minimum Gasteiger partial charge on any atom is -0.378 e. The Balaban J connectivity index is 1.67. The Morgan fingerprint density at radius 2 is 1.97 bits per heavy atom. The number of allylic oxidation sites excluding steroid dienone is 4. The molecular weight excluding hydrogens is 394 g/mol. The van der Waals surface area contributed by atoms with Gasteiger partial charge in [0.15, 0.2) is 5.78 Å². The minimum absolute atomic E-state index is 0.0650. The molecular formula is C29H35NO2. The lowest BCUT2D eigenvalue weighted by molar-refractivity contribution is -0.114. The van der Waals surface area contributed by atoms with E-state index in [0.717, 1.165) is 22.3 Å². The van der Waals surface area contributed by atoms with Crippen molar-refractivity contribution in [1.29, 1.82) is 0 Å². The Hall–Kier alpha value is -2.31. The number of ketones is 1. The van der Waals surface area contributed by atoms with E-state index in [4.69, 9.17) is 8.22 Å². The van der Waals surface area contributed by atoms with Crippen LogP contribution < -0.4 is 4.90 Å². The average Bonchev–Trinajstić information content (AvgIpc) is 3.08. The third-order valence-electron chi connectivity index (χ3n) is 8.47. The molecule has 3 heteroatoms. The molecule has 4 aliphatic carbocycles. The molecule has 5 rings (SSSR count). The number of carbonyl (C=O) groups is 1. The molecule has 5 atom stereocenters. The van der Waals surface area contributed by atoms with Crippen LogP contribution >= 0.6 is 0 Å². The molecule has 2 saturated carbocycles. The van der Waals surface area contributed by atoms with Gasteiger partial charge in [-0.2, -0.15) is 0 Å². The van der Waals surface area contributed by atoms with E-state index in [2.05, 4.69) is 18.8 Å². The number of rotatable bonds is 2. The van der Waals surface area contributed by atoms with E-state index >= 15 is 0 Å². The summed E-state index contributed by atoms with van der Waals surface area (Å²) in [4.78, 5) is 12.7. The van der Waals surface area contributed by atoms with Gasteiger partial charge in [0.05, 0.1) is 0 Å². The zero-order valence-corrected chi connectivity index (χ0v) is 18.8. The first kappa shape index (κ1) is 14.8. The minimum atomic E-state index is -2.85. The SMILES string of the molecule is [2H]C([2H])([2H])N(c1ccc([C@H]2C[C@@]3(C)[C@@H](CC[C@@]3(O)C#CC)[C@]3([2H])CCC4=CC(=O)CCC4=C23)cc1)C([2H])([2H])[2H]. The van der Waals surface area contributed by atoms with Crippen LogP contribution in [0.2, 0.25) is 0 Å². The van der Waals surface area contributed by atoms with Crippen molar-refractivity contribution in [3.63, 3.8) is 0 Å². The van der Waals surface area contributed by atoms with Gasteiger partial charge in [-0.15, -0.1) is 5.92 Å². The fourth-order valence-corrected chi connectivity index (χ4v) is 6.88. The maximum Gasteiger partial charge on any atom is 0.156 e. The normalized spacial score (nSPS) is 42.2. The zero-order valence-electron chi connectivity index (χ0n) is 25.8. The molecule has 0 unspecified atom stereocenters. The van der Waals surface area contributed by atoms with Crippen LogP contribution in [0.3, 0.4) is 0 Å². The lowest BCUT2D eigenvalue weighted by atomic mass is 9.51. The number of hydrogen-bond acceptors (Lipinski definition) is 3. The Labute approximate surface area is 202 Å². The third kappa shape index (κ3) is 3.11. The highest BCUT2D eigenvalue weighted by atomic mass is 16.3. The second kappa shape index (κ2) is 7.63. The van der Waals surface area contributed by atoms with E-state index in [1.165, 1.54) is 12.1 Å². The van der Waals surface area contributed by atoms with Crippen molar-refractivity contribution in [3.05, 3.63) is 52.6 Å². The third-order valence-corrected chi connectivity index (χ3v) is 8.47. The van der Waals surface area contributed by atoms with E-state index in [0.29, 0.717) is 49.8 Å². The number of carbonyl (C=O) groups excluding carboxylic acids is 1. The highest BCUT2D eigenvalue weighted by molar-refractivity contribution is 5.93. The molecule has 1 aromatic rings. The van der Waals surface area contributed by atoms with Gasteiger partial charge in [0.1, 0.15) is 5.60 Å². The molecule has 1 N–H and O–H groups in total. The van der Waals surface area contributed by atoms with Crippen LogP contribution in [0.1, 0.15) is 79.9 Å². The van der Waals surface area contributed by atoms with Gasteiger partial charge in [-0.25, -0.2) is 0 Å². The smallest absolute Gasteiger partial charge is 0.156 e. The van der Waals surface area contributed by atoms with Gasteiger partial charge in [0.2, 0.25) is 0 Å². The van der Waals surface area contributed by atoms with Crippen molar-refractivity contribution in [2.24, 2.45) is 17.2 Å². The van der Waals surface area contributed by atoms with Gasteiger partial charge in [-0.3, -0.25) is 4.79 Å². The Morgan fingerprint density at radius 3 is 2.69 bits per heavy atom. The van der Waals surface area contributed by atoms with E-state index in [1.54, 1.807) is 25.1 Å². The summed E-state index contributed by atoms with van der Waals surface area (Å²) in [7, 11) is 0. The lowest BCUT2D eigenvalue weighted by Gasteiger charge is -2.53. The number of hydrogen-bond donors (Lipinski definition) is 1. The molecule has 0 spiro atoms. The number of anilines is 1. The zero-order chi connectivity index (χ0) is 28.6. The fraction of sp³-hybridized carbons (Fsp3) is 0.552. The van der Waals surface area contributed by atoms with E-state index in [-0.39, 0.29) is 23.3 Å². The van der Waals surface area contributed by atoms with Crippen molar-refractivity contribution in [1.82, 2.24) is 0 Å². The maximum atomic E-state index is 12.3. The first-order valence-electron chi connectivity index (χ1n) is 15.1. The molecule has 32 heavy (non-hydrogen) atoms. The quantitative estimate of drug-likeness (QED) is 0.631. The Bertz CT molecular complexity index is 1300. The molecule has 2 fully saturated rings. The Morgan fingerprint density at radius 1 is 1.19 bits per heavy atom. The summed E-state index contributed by atoms with van der Waals surface area (Å²) >= 11 is 0. The average molecular weight is 437 g/mol. The summed E-state index contributed by atoms with van der Waals surface area (Å²) in [6.45, 7) is -1.93. The van der Waals surface area contributed by atoms with Crippen molar-refractivity contribution < 1.29 is 19.5 Å². The molecule has 1 aromatic carbocycles. The number of nitrogens with zero attached hydrogens (tertiary/aromatic N) is 1. The summed E-state index contributed by atoms with van der Waals surface area (Å²) in [6.07, 6.45) is 5.67. The van der Waals surface area contributed by atoms with Crippen LogP contribution in [0.4, 0.5) is 5.69 Å². The van der Waals surface area contributed by atoms with Gasteiger partial charge >= 0.3 is 0 Å². The van der Waals surface area contributed by atoms with E-state index in [1.807, 2.05) is 0 Å². The monoisotopic (exact) mass is 436 g/mol. The Kier molecular flexibility index (Phi) is 3.52. The summed E-state index contributed by atoms with van der Waals surface area (Å²) in [5, 5.41) is 11.8. The standard InChI is InChI=1S/C29H35NO2/c1-5-15-29(32)16-14-26-24-12-8-20-17-22(31)11-13-23(20)27(24)25(18-28(26,29)2)19-6-9-21(10-7-19)30(3)4/h6-7,9-10,17,24-26,32H,8,11-14,16,18H2,1-4H3/t24-,25+,26-,28-,29-/m0/s1/i3D3,4D3,24D. The maximum absolute atomic E-state index is 12.3. The van der Waals surface area contributed by atoms with E-state index in [9.17, 15) is 11.3 Å². The van der Waals surface area contributed by atoms with Crippen molar-refractivity contribution in [2.75, 3.05) is 18.9 Å². The van der Waals surface area contributed by atoms with Crippen LogP contribution in [0, 0.1) is 29.1 Å². The second-order valence-electron chi connectivity index (χ2n) is 9.98. The van der Waals surface area contributed by atoms with Gasteiger partial charge in [-0.1, -0.05) is 30.6 Å². The highest BCUT2D eigenvalue weighted by Gasteiger charge is 2.62. The van der Waals surface area contributed by atoms with Crippen molar-refractivity contribution >= 4 is 11.5 Å². The lowest BCUT2D eigenvalue weighted by Crippen LogP contribution is -2.51. The second-order valence-corrected chi connectivity index (χ2v) is 9.98. The van der Waals surface area contributed by atoms with Crippen molar-refractivity contribution in [3.8, 4) is 11.8 Å². The highest BCUT2D eigenvalue weighted by Crippen LogP contribution is 2.66. The number of fused-ring (bicyclic) bond motifs is 4. The summed E-state index contributed by atoms with van der Waals surface area (Å²) < 4.78 is 56.6. The molecule has 4 aliphatic rings. The molecule has 168 valence electrons. The van der Waals surface area contributed by atoms with Crippen LogP contribution in [0.25, 0.3) is 0 Å². The largest absolute Gasteiger partial charge is 0.378 e. The molecule has 0 heterocycles. The van der Waals surface area contributed by atoms with Crippen LogP contribution in [-0.2, 0) is 4.79 Å². The molecule has 0 bridgehead atoms. The number of benzene rings is 1. The van der Waals surface area contributed by atoms with Gasteiger partial charge in [0.25, 0.3) is 0 Å². The number of aliphatic hydroxyl groups is 1. The van der Waals surface area contributed by atoms with Crippen molar-refractivity contribution in [2.45, 2.75) is 70.3 Å². The summed E-state index contributed by atoms with van der Waals surface area (Å²) in [6, 6.07) is 6.56. The molecule has 0 radical (unpaired) electrons. The van der Waals surface area contributed by atoms with Crippen LogP contribution in [-0.4, -0.2) is 30.4 Å². The topological polar surface area (TPSA) is 40.5 Å². The predicted molar refractivity (Wildman–Crippen MR) is 129 cm³/mol. The molecule has 0 amide bonds. The predicted octanol–water partition coefficient (Wildman–Crippen LogP) is 5.41. The fourth-order valence-electron chi connectivity index (χ4n) is 6.88. The van der Waals surface area contributed by atoms with Gasteiger partial charge in [0, 0.05) is 47.0 Å². The summed E-state index contributed by atoms with van der Waals surface area (Å²) in [5.74, 6) is 4.80. The first-order valence-corrected chi connectivity index (χ1v) is 11.6. The van der Waals surface area contributed by atoms with E-state index < -0.39 is 30.9 Å². The molecule has 0 aromatic heterocycles.